The first-order valence-corrected chi connectivity index (χ1v) is 13.5. The molecule has 2 heterocycles. The molecular formula is C23H28N6O2S2. The highest BCUT2D eigenvalue weighted by atomic mass is 32.2. The van der Waals surface area contributed by atoms with Crippen LogP contribution in [0.3, 0.4) is 0 Å². The van der Waals surface area contributed by atoms with Crippen LogP contribution in [0.15, 0.2) is 58.6 Å². The largest absolute Gasteiger partial charge is 0.327 e. The van der Waals surface area contributed by atoms with E-state index in [0.29, 0.717) is 11.3 Å². The lowest BCUT2D eigenvalue weighted by atomic mass is 10.1. The van der Waals surface area contributed by atoms with E-state index in [1.54, 1.807) is 30.0 Å². The highest BCUT2D eigenvalue weighted by Crippen LogP contribution is 2.27. The van der Waals surface area contributed by atoms with Gasteiger partial charge in [-0.15, -0.1) is 10.2 Å². The van der Waals surface area contributed by atoms with Crippen LogP contribution >= 0.6 is 11.8 Å². The minimum atomic E-state index is -3.78. The summed E-state index contributed by atoms with van der Waals surface area (Å²) in [4.78, 5) is 4.82. The van der Waals surface area contributed by atoms with Crippen LogP contribution in [0.5, 0.6) is 0 Å². The van der Waals surface area contributed by atoms with Crippen LogP contribution in [-0.2, 0) is 35.3 Å². The summed E-state index contributed by atoms with van der Waals surface area (Å²) < 4.78 is 27.8. The van der Waals surface area contributed by atoms with Gasteiger partial charge in [0.25, 0.3) is 0 Å². The molecule has 0 radical (unpaired) electrons. The van der Waals surface area contributed by atoms with E-state index in [0.717, 1.165) is 54.7 Å². The van der Waals surface area contributed by atoms with E-state index in [4.69, 9.17) is 10.1 Å². The van der Waals surface area contributed by atoms with Crippen LogP contribution in [0.1, 0.15) is 43.9 Å². The van der Waals surface area contributed by atoms with Crippen molar-refractivity contribution in [3.8, 4) is 0 Å². The first-order chi connectivity index (χ1) is 15.9. The van der Waals surface area contributed by atoms with Crippen molar-refractivity contribution in [3.63, 3.8) is 0 Å². The Hall–Kier alpha value is -2.69. The van der Waals surface area contributed by atoms with Crippen LogP contribution < -0.4 is 5.14 Å². The number of thioether (sulfide) groups is 1. The van der Waals surface area contributed by atoms with Crippen molar-refractivity contribution in [3.05, 3.63) is 65.7 Å². The van der Waals surface area contributed by atoms with E-state index >= 15 is 0 Å². The number of imidazole rings is 1. The average molecular weight is 485 g/mol. The van der Waals surface area contributed by atoms with Gasteiger partial charge in [-0.25, -0.2) is 18.5 Å². The zero-order chi connectivity index (χ0) is 23.4. The molecule has 0 saturated heterocycles. The van der Waals surface area contributed by atoms with E-state index in [2.05, 4.69) is 45.3 Å². The van der Waals surface area contributed by atoms with Crippen LogP contribution in [0, 0.1) is 0 Å². The predicted octanol–water partition coefficient (Wildman–Crippen LogP) is 3.98. The minimum Gasteiger partial charge on any atom is -0.327 e. The van der Waals surface area contributed by atoms with Crippen LogP contribution in [0.4, 0.5) is 0 Å². The highest BCUT2D eigenvalue weighted by molar-refractivity contribution is 7.98. The Kier molecular flexibility index (Phi) is 7.16. The minimum absolute atomic E-state index is 0.0747. The molecule has 0 bridgehead atoms. The molecule has 0 atom stereocenters. The molecule has 4 rings (SSSR count). The van der Waals surface area contributed by atoms with Gasteiger partial charge in [0, 0.05) is 19.5 Å². The second-order valence-electron chi connectivity index (χ2n) is 7.82. The topological polar surface area (TPSA) is 109 Å². The molecule has 174 valence electrons. The van der Waals surface area contributed by atoms with Gasteiger partial charge in [-0.3, -0.25) is 0 Å². The molecule has 0 fully saturated rings. The first kappa shape index (κ1) is 23.5. The standard InChI is InChI=1S/C23H28N6O2S2/c1-3-5-13-29-20-12-11-18(33(24,30)31)15-19(20)25-22(29)16-32-23-27-26-21(28(23)4-2)14-17-9-7-6-8-10-17/h6-12,15H,3-5,13-14,16H2,1-2H3,(H2,24,30,31). The Labute approximate surface area is 198 Å². The lowest BCUT2D eigenvalue weighted by Gasteiger charge is -2.10. The van der Waals surface area contributed by atoms with Crippen LogP contribution in [-0.4, -0.2) is 32.7 Å². The zero-order valence-corrected chi connectivity index (χ0v) is 20.4. The summed E-state index contributed by atoms with van der Waals surface area (Å²) in [5.74, 6) is 2.42. The summed E-state index contributed by atoms with van der Waals surface area (Å²) >= 11 is 1.59. The quantitative estimate of drug-likeness (QED) is 0.341. The molecule has 0 aliphatic carbocycles. The summed E-state index contributed by atoms with van der Waals surface area (Å²) in [6.07, 6.45) is 2.79. The van der Waals surface area contributed by atoms with E-state index in [-0.39, 0.29) is 4.90 Å². The Bertz CT molecular complexity index is 1350. The van der Waals surface area contributed by atoms with Gasteiger partial charge in [-0.1, -0.05) is 55.4 Å². The van der Waals surface area contributed by atoms with Crippen molar-refractivity contribution in [2.24, 2.45) is 5.14 Å². The summed E-state index contributed by atoms with van der Waals surface area (Å²) in [5.41, 5.74) is 2.74. The third-order valence-corrected chi connectivity index (χ3v) is 7.38. The van der Waals surface area contributed by atoms with Crippen molar-refractivity contribution in [2.45, 2.75) is 62.0 Å². The van der Waals surface area contributed by atoms with Gasteiger partial charge in [-0.05, 0) is 37.1 Å². The Morgan fingerprint density at radius 3 is 2.48 bits per heavy atom. The number of aromatic nitrogens is 5. The number of rotatable bonds is 10. The van der Waals surface area contributed by atoms with E-state index < -0.39 is 10.0 Å². The molecule has 0 aliphatic rings. The summed E-state index contributed by atoms with van der Waals surface area (Å²) in [5, 5.41) is 15.0. The van der Waals surface area contributed by atoms with Crippen LogP contribution in [0.2, 0.25) is 0 Å². The normalized spacial score (nSPS) is 12.0. The fourth-order valence-corrected chi connectivity index (χ4v) is 5.30. The predicted molar refractivity (Wildman–Crippen MR) is 131 cm³/mol. The highest BCUT2D eigenvalue weighted by Gasteiger charge is 2.17. The van der Waals surface area contributed by atoms with Gasteiger partial charge in [-0.2, -0.15) is 0 Å². The molecule has 8 nitrogen and oxygen atoms in total. The summed E-state index contributed by atoms with van der Waals surface area (Å²) in [6.45, 7) is 5.83. The Morgan fingerprint density at radius 1 is 1.00 bits per heavy atom. The number of nitrogens with two attached hydrogens (primary N) is 1. The second kappa shape index (κ2) is 10.1. The smallest absolute Gasteiger partial charge is 0.238 e. The van der Waals surface area contributed by atoms with Gasteiger partial charge in [0.1, 0.15) is 11.6 Å². The van der Waals surface area contributed by atoms with Crippen molar-refractivity contribution in [1.82, 2.24) is 24.3 Å². The number of unbranched alkanes of at least 4 members (excludes halogenated alkanes) is 1. The number of hydrogen-bond donors (Lipinski definition) is 1. The molecule has 4 aromatic rings. The molecule has 0 saturated carbocycles. The molecule has 0 unspecified atom stereocenters. The summed E-state index contributed by atoms with van der Waals surface area (Å²) in [7, 11) is -3.78. The van der Waals surface area contributed by atoms with E-state index in [1.807, 2.05) is 18.2 Å². The molecular weight excluding hydrogens is 456 g/mol. The fraction of sp³-hybridized carbons (Fsp3) is 0.348. The second-order valence-corrected chi connectivity index (χ2v) is 10.3. The zero-order valence-electron chi connectivity index (χ0n) is 18.8. The molecule has 2 N–H and O–H groups in total. The fourth-order valence-electron chi connectivity index (χ4n) is 3.79. The van der Waals surface area contributed by atoms with Gasteiger partial charge in [0.2, 0.25) is 10.0 Å². The SMILES string of the molecule is CCCCn1c(CSc2nnc(Cc3ccccc3)n2CC)nc2cc(S(N)(=O)=O)ccc21. The van der Waals surface area contributed by atoms with E-state index in [9.17, 15) is 8.42 Å². The number of sulfonamides is 1. The van der Waals surface area contributed by atoms with Gasteiger partial charge in [0.05, 0.1) is 21.7 Å². The molecule has 10 heteroatoms. The van der Waals surface area contributed by atoms with Gasteiger partial charge >= 0.3 is 0 Å². The monoisotopic (exact) mass is 484 g/mol. The lowest BCUT2D eigenvalue weighted by Crippen LogP contribution is -2.11. The molecule has 33 heavy (non-hydrogen) atoms. The third-order valence-electron chi connectivity index (χ3n) is 5.51. The Morgan fingerprint density at radius 2 is 1.79 bits per heavy atom. The number of benzene rings is 2. The lowest BCUT2D eigenvalue weighted by molar-refractivity contribution is 0.598. The van der Waals surface area contributed by atoms with Crippen molar-refractivity contribution in [2.75, 3.05) is 0 Å². The first-order valence-electron chi connectivity index (χ1n) is 11.0. The molecule has 2 aromatic carbocycles. The van der Waals surface area contributed by atoms with Gasteiger partial charge in [0.15, 0.2) is 5.16 Å². The van der Waals surface area contributed by atoms with Gasteiger partial charge < -0.3 is 9.13 Å². The summed E-state index contributed by atoms with van der Waals surface area (Å²) in [6, 6.07) is 15.1. The number of nitrogens with zero attached hydrogens (tertiary/aromatic N) is 5. The van der Waals surface area contributed by atoms with Crippen molar-refractivity contribution in [1.29, 1.82) is 0 Å². The maximum atomic E-state index is 11.8. The molecule has 0 amide bonds. The average Bonchev–Trinajstić information content (AvgIpc) is 3.35. The molecule has 2 aromatic heterocycles. The Balaban J connectivity index is 1.61. The van der Waals surface area contributed by atoms with Crippen LogP contribution in [0.25, 0.3) is 11.0 Å². The number of primary sulfonamides is 1. The third kappa shape index (κ3) is 5.29. The number of fused-ring (bicyclic) bond motifs is 1. The van der Waals surface area contributed by atoms with Crippen molar-refractivity contribution < 1.29 is 8.42 Å². The molecule has 0 aliphatic heterocycles. The maximum Gasteiger partial charge on any atom is 0.238 e. The van der Waals surface area contributed by atoms with Crippen molar-refractivity contribution >= 4 is 32.8 Å². The maximum absolute atomic E-state index is 11.8. The molecule has 0 spiro atoms. The number of hydrogen-bond acceptors (Lipinski definition) is 6. The number of aryl methyl sites for hydroxylation is 1. The van der Waals surface area contributed by atoms with E-state index in [1.165, 1.54) is 5.56 Å².